The summed E-state index contributed by atoms with van der Waals surface area (Å²) in [5, 5.41) is 3.36. The lowest BCUT2D eigenvalue weighted by atomic mass is 10.2. The molecule has 0 bridgehead atoms. The smallest absolute Gasteiger partial charge is 0.130 e. The summed E-state index contributed by atoms with van der Waals surface area (Å²) < 4.78 is 0. The van der Waals surface area contributed by atoms with Gasteiger partial charge in [0.25, 0.3) is 0 Å². The minimum Gasteiger partial charge on any atom is -0.362 e. The number of rotatable bonds is 4. The monoisotopic (exact) mass is 242 g/mol. The van der Waals surface area contributed by atoms with Gasteiger partial charge in [-0.3, -0.25) is 4.98 Å². The van der Waals surface area contributed by atoms with Crippen molar-refractivity contribution in [2.45, 2.75) is 33.2 Å². The molecule has 94 valence electrons. The minimum absolute atomic E-state index is 0.130. The van der Waals surface area contributed by atoms with Gasteiger partial charge < -0.3 is 5.32 Å². The Bertz CT molecular complexity index is 510. The van der Waals surface area contributed by atoms with Crippen LogP contribution in [0.1, 0.15) is 37.1 Å². The molecule has 18 heavy (non-hydrogen) atoms. The Labute approximate surface area is 108 Å². The van der Waals surface area contributed by atoms with E-state index in [-0.39, 0.29) is 6.04 Å². The fraction of sp³-hybridized carbons (Fsp3) is 0.357. The third kappa shape index (κ3) is 3.03. The number of nitrogens with one attached hydrogen (secondary N) is 1. The van der Waals surface area contributed by atoms with Crippen LogP contribution in [-0.2, 0) is 6.42 Å². The molecule has 0 fully saturated rings. The van der Waals surface area contributed by atoms with Gasteiger partial charge in [-0.1, -0.05) is 13.0 Å². The molecule has 0 amide bonds. The molecule has 0 saturated heterocycles. The van der Waals surface area contributed by atoms with E-state index in [1.165, 1.54) is 0 Å². The topological polar surface area (TPSA) is 50.7 Å². The Kier molecular flexibility index (Phi) is 3.87. The highest BCUT2D eigenvalue weighted by molar-refractivity contribution is 5.38. The van der Waals surface area contributed by atoms with Gasteiger partial charge in [0.15, 0.2) is 0 Å². The lowest BCUT2D eigenvalue weighted by molar-refractivity contribution is 0.823. The molecule has 0 aliphatic rings. The number of hydrogen-bond donors (Lipinski definition) is 1. The molecule has 0 aromatic carbocycles. The van der Waals surface area contributed by atoms with Crippen molar-refractivity contribution in [1.29, 1.82) is 0 Å². The van der Waals surface area contributed by atoms with Crippen molar-refractivity contribution in [2.75, 3.05) is 5.32 Å². The number of pyridine rings is 1. The summed E-state index contributed by atoms with van der Waals surface area (Å²) >= 11 is 0. The number of aromatic nitrogens is 3. The van der Waals surface area contributed by atoms with Crippen LogP contribution in [0.5, 0.6) is 0 Å². The first kappa shape index (κ1) is 12.5. The fourth-order valence-corrected chi connectivity index (χ4v) is 1.81. The van der Waals surface area contributed by atoms with E-state index in [1.807, 2.05) is 31.2 Å². The summed E-state index contributed by atoms with van der Waals surface area (Å²) in [7, 11) is 0. The molecule has 1 unspecified atom stereocenters. The fourth-order valence-electron chi connectivity index (χ4n) is 1.81. The Balaban J connectivity index is 2.16. The molecule has 0 saturated carbocycles. The predicted octanol–water partition coefficient (Wildman–Crippen LogP) is 2.92. The second-order valence-corrected chi connectivity index (χ2v) is 4.27. The van der Waals surface area contributed by atoms with Gasteiger partial charge in [0.2, 0.25) is 0 Å². The summed E-state index contributed by atoms with van der Waals surface area (Å²) in [6, 6.07) is 8.03. The molecular weight excluding hydrogens is 224 g/mol. The molecule has 0 aliphatic heterocycles. The van der Waals surface area contributed by atoms with Gasteiger partial charge in [-0.15, -0.1) is 0 Å². The van der Waals surface area contributed by atoms with Crippen molar-refractivity contribution in [3.63, 3.8) is 0 Å². The van der Waals surface area contributed by atoms with Gasteiger partial charge >= 0.3 is 0 Å². The van der Waals surface area contributed by atoms with E-state index in [4.69, 9.17) is 0 Å². The zero-order valence-corrected chi connectivity index (χ0v) is 11.0. The molecule has 1 atom stereocenters. The largest absolute Gasteiger partial charge is 0.362 e. The van der Waals surface area contributed by atoms with Crippen LogP contribution in [0.4, 0.5) is 5.82 Å². The first-order valence-corrected chi connectivity index (χ1v) is 6.21. The molecule has 2 heterocycles. The van der Waals surface area contributed by atoms with Crippen LogP contribution in [-0.4, -0.2) is 15.0 Å². The molecule has 1 N–H and O–H groups in total. The summed E-state index contributed by atoms with van der Waals surface area (Å²) in [6.07, 6.45) is 2.71. The number of nitrogens with zero attached hydrogens (tertiary/aromatic N) is 3. The van der Waals surface area contributed by atoms with Gasteiger partial charge in [0, 0.05) is 18.0 Å². The van der Waals surface area contributed by atoms with E-state index >= 15 is 0 Å². The minimum atomic E-state index is 0.130. The van der Waals surface area contributed by atoms with Crippen LogP contribution >= 0.6 is 0 Å². The highest BCUT2D eigenvalue weighted by Gasteiger charge is 2.08. The lowest BCUT2D eigenvalue weighted by Gasteiger charge is -2.14. The highest BCUT2D eigenvalue weighted by Crippen LogP contribution is 2.16. The van der Waals surface area contributed by atoms with Gasteiger partial charge in [0.05, 0.1) is 11.7 Å². The van der Waals surface area contributed by atoms with E-state index < -0.39 is 0 Å². The normalized spacial score (nSPS) is 12.2. The second kappa shape index (κ2) is 5.58. The third-order valence-corrected chi connectivity index (χ3v) is 2.75. The number of hydrogen-bond acceptors (Lipinski definition) is 4. The van der Waals surface area contributed by atoms with Crippen molar-refractivity contribution in [3.05, 3.63) is 47.7 Å². The first-order chi connectivity index (χ1) is 8.69. The SMILES string of the molecule is CCc1cc(NC(C)c2ccccn2)nc(C)n1. The predicted molar refractivity (Wildman–Crippen MR) is 72.4 cm³/mol. The Morgan fingerprint density at radius 1 is 1.28 bits per heavy atom. The van der Waals surface area contributed by atoms with Crippen LogP contribution in [0.2, 0.25) is 0 Å². The Morgan fingerprint density at radius 2 is 2.11 bits per heavy atom. The summed E-state index contributed by atoms with van der Waals surface area (Å²) in [4.78, 5) is 13.1. The zero-order valence-electron chi connectivity index (χ0n) is 11.0. The highest BCUT2D eigenvalue weighted by atomic mass is 15.1. The van der Waals surface area contributed by atoms with Crippen molar-refractivity contribution < 1.29 is 0 Å². The molecule has 4 nitrogen and oxygen atoms in total. The summed E-state index contributed by atoms with van der Waals surface area (Å²) in [6.45, 7) is 6.08. The van der Waals surface area contributed by atoms with Crippen molar-refractivity contribution >= 4 is 5.82 Å². The van der Waals surface area contributed by atoms with Crippen LogP contribution in [0.15, 0.2) is 30.5 Å². The third-order valence-electron chi connectivity index (χ3n) is 2.75. The summed E-state index contributed by atoms with van der Waals surface area (Å²) in [5.41, 5.74) is 2.06. The molecule has 0 radical (unpaired) electrons. The summed E-state index contributed by atoms with van der Waals surface area (Å²) in [5.74, 6) is 1.66. The Hall–Kier alpha value is -1.97. The van der Waals surface area contributed by atoms with Gasteiger partial charge in [-0.05, 0) is 32.4 Å². The maximum Gasteiger partial charge on any atom is 0.130 e. The second-order valence-electron chi connectivity index (χ2n) is 4.27. The quantitative estimate of drug-likeness (QED) is 0.895. The molecule has 2 aromatic rings. The van der Waals surface area contributed by atoms with Gasteiger partial charge in [0.1, 0.15) is 11.6 Å². The average molecular weight is 242 g/mol. The van der Waals surface area contributed by atoms with Crippen LogP contribution in [0.3, 0.4) is 0 Å². The molecule has 0 aliphatic carbocycles. The van der Waals surface area contributed by atoms with Gasteiger partial charge in [-0.25, -0.2) is 9.97 Å². The lowest BCUT2D eigenvalue weighted by Crippen LogP contribution is -2.10. The van der Waals surface area contributed by atoms with Gasteiger partial charge in [-0.2, -0.15) is 0 Å². The van der Waals surface area contributed by atoms with Crippen molar-refractivity contribution in [1.82, 2.24) is 15.0 Å². The van der Waals surface area contributed by atoms with Crippen molar-refractivity contribution in [3.8, 4) is 0 Å². The van der Waals surface area contributed by atoms with E-state index in [1.54, 1.807) is 6.20 Å². The molecule has 0 spiro atoms. The molecule has 2 rings (SSSR count). The van der Waals surface area contributed by atoms with Crippen LogP contribution < -0.4 is 5.32 Å². The molecular formula is C14H18N4. The van der Waals surface area contributed by atoms with Crippen LogP contribution in [0, 0.1) is 6.92 Å². The maximum absolute atomic E-state index is 4.40. The van der Waals surface area contributed by atoms with E-state index in [9.17, 15) is 0 Å². The maximum atomic E-state index is 4.40. The first-order valence-electron chi connectivity index (χ1n) is 6.21. The number of aryl methyl sites for hydroxylation is 2. The van der Waals surface area contributed by atoms with E-state index in [2.05, 4.69) is 34.1 Å². The molecule has 2 aromatic heterocycles. The van der Waals surface area contributed by atoms with Crippen molar-refractivity contribution in [2.24, 2.45) is 0 Å². The average Bonchev–Trinajstić information content (AvgIpc) is 2.39. The van der Waals surface area contributed by atoms with Crippen LogP contribution in [0.25, 0.3) is 0 Å². The number of anilines is 1. The Morgan fingerprint density at radius 3 is 2.78 bits per heavy atom. The molecule has 4 heteroatoms. The zero-order chi connectivity index (χ0) is 13.0. The van der Waals surface area contributed by atoms with E-state index in [0.717, 1.165) is 29.5 Å². The standard InChI is InChI=1S/C14H18N4/c1-4-12-9-14(18-11(3)17-12)16-10(2)13-7-5-6-8-15-13/h5-10H,4H2,1-3H3,(H,16,17,18). The van der Waals surface area contributed by atoms with E-state index in [0.29, 0.717) is 0 Å².